The third kappa shape index (κ3) is 5.33. The highest BCUT2D eigenvalue weighted by Crippen LogP contribution is 2.68. The Morgan fingerprint density at radius 1 is 1.08 bits per heavy atom. The molecule has 0 aromatic heterocycles. The van der Waals surface area contributed by atoms with Crippen LogP contribution < -0.4 is 0 Å². The third-order valence-corrected chi connectivity index (χ3v) is 11.7. The molecule has 4 aliphatic carbocycles. The number of hydrogen-bond donors (Lipinski definition) is 0. The van der Waals surface area contributed by atoms with Gasteiger partial charge in [0.2, 0.25) is 8.32 Å². The van der Waals surface area contributed by atoms with Gasteiger partial charge in [0, 0.05) is 20.0 Å². The van der Waals surface area contributed by atoms with Gasteiger partial charge in [-0.25, -0.2) is 0 Å². The molecule has 206 valence electrons. The van der Waals surface area contributed by atoms with E-state index in [0.29, 0.717) is 59.6 Å². The normalized spacial score (nSPS) is 40.9. The van der Waals surface area contributed by atoms with Gasteiger partial charge in [-0.15, -0.1) is 0 Å². The van der Waals surface area contributed by atoms with E-state index in [-0.39, 0.29) is 12.1 Å². The van der Waals surface area contributed by atoms with Crippen LogP contribution in [0, 0.1) is 46.3 Å². The van der Waals surface area contributed by atoms with Crippen molar-refractivity contribution in [3.8, 4) is 0 Å². The lowest BCUT2D eigenvalue weighted by molar-refractivity contribution is -0.192. The van der Waals surface area contributed by atoms with E-state index in [1.54, 1.807) is 7.11 Å². The van der Waals surface area contributed by atoms with Crippen LogP contribution in [-0.4, -0.2) is 41.4 Å². The van der Waals surface area contributed by atoms with E-state index >= 15 is 0 Å². The molecule has 0 radical (unpaired) electrons. The van der Waals surface area contributed by atoms with Gasteiger partial charge in [0.1, 0.15) is 6.79 Å². The van der Waals surface area contributed by atoms with Crippen molar-refractivity contribution in [1.29, 1.82) is 0 Å². The zero-order chi connectivity index (χ0) is 26.3. The number of esters is 1. The van der Waals surface area contributed by atoms with Crippen molar-refractivity contribution in [2.45, 2.75) is 104 Å². The monoisotopic (exact) mass is 520 g/mol. The zero-order valence-electron chi connectivity index (χ0n) is 24.2. The van der Waals surface area contributed by atoms with E-state index in [2.05, 4.69) is 46.5 Å². The first-order valence-corrected chi connectivity index (χ1v) is 17.9. The number of rotatable bonds is 9. The first-order chi connectivity index (χ1) is 16.9. The molecule has 4 rings (SSSR count). The fraction of sp³-hybridized carbons (Fsp3) is 0.900. The molecule has 36 heavy (non-hydrogen) atoms. The number of carbonyl (C=O) groups excluding carboxylic acids is 1. The molecule has 1 unspecified atom stereocenters. The average molecular weight is 521 g/mol. The number of ether oxygens (including phenoxy) is 3. The SMILES string of the molecule is COCO[C@@H]1C[C@@H]2C=C(O[Si](C)(C)C)CC[C@]2(C)[C@H]2CC[C@]3(C)[C@@H](C(C)CCC(=O)OC)CC[C@H]3[C@H]12. The van der Waals surface area contributed by atoms with Crippen LogP contribution in [-0.2, 0) is 23.4 Å². The van der Waals surface area contributed by atoms with Crippen LogP contribution in [0.5, 0.6) is 0 Å². The quantitative estimate of drug-likeness (QED) is 0.183. The second-order valence-electron chi connectivity index (χ2n) is 13.9. The van der Waals surface area contributed by atoms with Gasteiger partial charge in [-0.3, -0.25) is 4.79 Å². The maximum absolute atomic E-state index is 11.8. The van der Waals surface area contributed by atoms with Gasteiger partial charge in [-0.05, 0) is 117 Å². The Morgan fingerprint density at radius 2 is 1.81 bits per heavy atom. The van der Waals surface area contributed by atoms with E-state index in [0.717, 1.165) is 19.3 Å². The van der Waals surface area contributed by atoms with Crippen LogP contribution in [0.25, 0.3) is 0 Å². The molecule has 6 heteroatoms. The maximum Gasteiger partial charge on any atom is 0.305 e. The standard InChI is InChI=1S/C30H52O5Si/c1-20(9-12-27(31)33-5)23-10-11-24-28-25(14-16-30(23,24)3)29(2)15-13-22(35-36(6,7)8)17-21(29)18-26(28)34-19-32-4/h17,20-21,23-26,28H,9-16,18-19H2,1-8H3/t20?,21-,23+,24-,25-,26+,28-,29-,30+/m0/s1. The fourth-order valence-corrected chi connectivity index (χ4v) is 10.2. The minimum Gasteiger partial charge on any atom is -0.548 e. The molecule has 0 N–H and O–H groups in total. The smallest absolute Gasteiger partial charge is 0.305 e. The summed E-state index contributed by atoms with van der Waals surface area (Å²) < 4.78 is 23.4. The van der Waals surface area contributed by atoms with Crippen LogP contribution in [0.1, 0.15) is 78.6 Å². The molecule has 4 aliphatic rings. The van der Waals surface area contributed by atoms with E-state index in [9.17, 15) is 4.79 Å². The highest BCUT2D eigenvalue weighted by atomic mass is 28.4. The molecule has 0 aliphatic heterocycles. The summed E-state index contributed by atoms with van der Waals surface area (Å²) in [6.07, 6.45) is 12.8. The number of methoxy groups -OCH3 is 2. The van der Waals surface area contributed by atoms with Crippen molar-refractivity contribution >= 4 is 14.3 Å². The molecule has 5 nitrogen and oxygen atoms in total. The highest BCUT2D eigenvalue weighted by Gasteiger charge is 2.63. The van der Waals surface area contributed by atoms with Gasteiger partial charge in [0.25, 0.3) is 0 Å². The number of hydrogen-bond acceptors (Lipinski definition) is 5. The largest absolute Gasteiger partial charge is 0.548 e. The summed E-state index contributed by atoms with van der Waals surface area (Å²) in [5, 5.41) is 0. The molecular formula is C30H52O5Si. The van der Waals surface area contributed by atoms with Crippen LogP contribution >= 0.6 is 0 Å². The second kappa shape index (κ2) is 10.7. The molecule has 0 bridgehead atoms. The molecule has 0 aromatic rings. The van der Waals surface area contributed by atoms with Crippen LogP contribution in [0.4, 0.5) is 0 Å². The molecule has 0 saturated heterocycles. The first kappa shape index (κ1) is 28.2. The summed E-state index contributed by atoms with van der Waals surface area (Å²) in [5.41, 5.74) is 0.644. The van der Waals surface area contributed by atoms with Gasteiger partial charge in [-0.1, -0.05) is 20.8 Å². The Hall–Kier alpha value is -0.853. The van der Waals surface area contributed by atoms with E-state index < -0.39 is 8.32 Å². The maximum atomic E-state index is 11.8. The topological polar surface area (TPSA) is 54.0 Å². The molecule has 0 spiro atoms. The van der Waals surface area contributed by atoms with E-state index in [4.69, 9.17) is 18.6 Å². The van der Waals surface area contributed by atoms with Gasteiger partial charge in [0.05, 0.1) is 19.0 Å². The van der Waals surface area contributed by atoms with Crippen LogP contribution in [0.2, 0.25) is 19.6 Å². The average Bonchev–Trinajstić information content (AvgIpc) is 3.17. The summed E-state index contributed by atoms with van der Waals surface area (Å²) in [7, 11) is 1.63. The van der Waals surface area contributed by atoms with Crippen molar-refractivity contribution in [3.63, 3.8) is 0 Å². The molecule has 3 fully saturated rings. The lowest BCUT2D eigenvalue weighted by Gasteiger charge is -2.62. The minimum atomic E-state index is -1.61. The number of carbonyl (C=O) groups is 1. The third-order valence-electron chi connectivity index (χ3n) is 10.9. The summed E-state index contributed by atoms with van der Waals surface area (Å²) in [4.78, 5) is 11.8. The predicted molar refractivity (Wildman–Crippen MR) is 146 cm³/mol. The van der Waals surface area contributed by atoms with Gasteiger partial charge >= 0.3 is 5.97 Å². The Kier molecular flexibility index (Phi) is 8.39. The second-order valence-corrected chi connectivity index (χ2v) is 18.3. The fourth-order valence-electron chi connectivity index (χ4n) is 9.20. The molecule has 3 saturated carbocycles. The van der Waals surface area contributed by atoms with Crippen molar-refractivity contribution in [2.24, 2.45) is 46.3 Å². The number of fused-ring (bicyclic) bond motifs is 5. The van der Waals surface area contributed by atoms with Crippen LogP contribution in [0.15, 0.2) is 11.8 Å². The molecule has 9 atom stereocenters. The zero-order valence-corrected chi connectivity index (χ0v) is 25.2. The van der Waals surface area contributed by atoms with Gasteiger partial charge in [0.15, 0.2) is 0 Å². The Morgan fingerprint density at radius 3 is 2.47 bits per heavy atom. The molecule has 0 heterocycles. The summed E-state index contributed by atoms with van der Waals surface area (Å²) >= 11 is 0. The Labute approximate surface area is 221 Å². The summed E-state index contributed by atoms with van der Waals surface area (Å²) in [6.45, 7) is 14.8. The van der Waals surface area contributed by atoms with Gasteiger partial charge < -0.3 is 18.6 Å². The van der Waals surface area contributed by atoms with E-state index in [1.165, 1.54) is 45.0 Å². The minimum absolute atomic E-state index is 0.0765. The summed E-state index contributed by atoms with van der Waals surface area (Å²) in [5.74, 6) is 4.85. The van der Waals surface area contributed by atoms with Crippen molar-refractivity contribution in [3.05, 3.63) is 11.8 Å². The van der Waals surface area contributed by atoms with Crippen LogP contribution in [0.3, 0.4) is 0 Å². The molecular weight excluding hydrogens is 468 g/mol. The van der Waals surface area contributed by atoms with Crippen molar-refractivity contribution in [1.82, 2.24) is 0 Å². The lowest BCUT2D eigenvalue weighted by atomic mass is 9.44. The van der Waals surface area contributed by atoms with Gasteiger partial charge in [-0.2, -0.15) is 0 Å². The molecule has 0 amide bonds. The van der Waals surface area contributed by atoms with Crippen molar-refractivity contribution in [2.75, 3.05) is 21.0 Å². The Bertz CT molecular complexity index is 821. The van der Waals surface area contributed by atoms with E-state index in [1.807, 2.05) is 0 Å². The Balaban J connectivity index is 1.58. The number of allylic oxidation sites excluding steroid dienone is 2. The summed E-state index contributed by atoms with van der Waals surface area (Å²) in [6, 6.07) is 0. The molecule has 0 aromatic carbocycles. The lowest BCUT2D eigenvalue weighted by Crippen LogP contribution is -2.58. The highest BCUT2D eigenvalue weighted by molar-refractivity contribution is 6.70. The van der Waals surface area contributed by atoms with Crippen molar-refractivity contribution < 1.29 is 23.4 Å². The first-order valence-electron chi connectivity index (χ1n) is 14.5. The predicted octanol–water partition coefficient (Wildman–Crippen LogP) is 7.18.